The molecule has 1 saturated carbocycles. The lowest BCUT2D eigenvalue weighted by Crippen LogP contribution is -2.27. The second-order valence-corrected chi connectivity index (χ2v) is 8.88. The van der Waals surface area contributed by atoms with Gasteiger partial charge in [0.15, 0.2) is 0 Å². The van der Waals surface area contributed by atoms with Gasteiger partial charge in [-0.25, -0.2) is 0 Å². The van der Waals surface area contributed by atoms with Crippen LogP contribution in [0.15, 0.2) is 48.5 Å². The lowest BCUT2D eigenvalue weighted by Gasteiger charge is -2.19. The first-order valence-corrected chi connectivity index (χ1v) is 9.80. The summed E-state index contributed by atoms with van der Waals surface area (Å²) in [4.78, 5) is 13.1. The molecule has 4 heteroatoms. The Kier molecular flexibility index (Phi) is 4.25. The van der Waals surface area contributed by atoms with Crippen molar-refractivity contribution in [3.05, 3.63) is 59.8 Å². The molecule has 1 aromatic heterocycles. The maximum absolute atomic E-state index is 13.1. The number of methoxy groups -OCH3 is 1. The number of anilines is 1. The average Bonchev–Trinajstić information content (AvgIpc) is 3.40. The van der Waals surface area contributed by atoms with Crippen molar-refractivity contribution in [1.29, 1.82) is 0 Å². The topological polar surface area (TPSA) is 43.3 Å². The summed E-state index contributed by atoms with van der Waals surface area (Å²) in [6.07, 6.45) is 1.76. The summed E-state index contributed by atoms with van der Waals surface area (Å²) in [5.41, 5.74) is 4.03. The number of fused-ring (bicyclic) bond motifs is 1. The lowest BCUT2D eigenvalue weighted by atomic mass is 9.92. The van der Waals surface area contributed by atoms with Crippen molar-refractivity contribution < 1.29 is 9.53 Å². The molecule has 1 aliphatic carbocycles. The van der Waals surface area contributed by atoms with Crippen LogP contribution in [-0.4, -0.2) is 17.6 Å². The smallest absolute Gasteiger partial charge is 0.235 e. The molecule has 3 aromatic rings. The Balaban J connectivity index is 1.60. The third kappa shape index (κ3) is 3.07. The minimum Gasteiger partial charge on any atom is -0.497 e. The largest absolute Gasteiger partial charge is 0.497 e. The van der Waals surface area contributed by atoms with Crippen molar-refractivity contribution in [1.82, 2.24) is 4.57 Å². The zero-order valence-electron chi connectivity index (χ0n) is 17.3. The molecule has 4 nitrogen and oxygen atoms in total. The first-order chi connectivity index (χ1) is 13.2. The second-order valence-electron chi connectivity index (χ2n) is 8.88. The minimum atomic E-state index is -0.408. The van der Waals surface area contributed by atoms with Gasteiger partial charge >= 0.3 is 0 Å². The maximum Gasteiger partial charge on any atom is 0.235 e. The predicted octanol–water partition coefficient (Wildman–Crippen LogP) is 5.15. The average molecular weight is 377 g/mol. The summed E-state index contributed by atoms with van der Waals surface area (Å²) in [6, 6.07) is 16.2. The van der Waals surface area contributed by atoms with E-state index in [1.807, 2.05) is 30.3 Å². The Labute approximate surface area is 166 Å². The van der Waals surface area contributed by atoms with Gasteiger partial charge in [-0.3, -0.25) is 4.79 Å². The van der Waals surface area contributed by atoms with Crippen LogP contribution in [0.3, 0.4) is 0 Å². The van der Waals surface area contributed by atoms with Gasteiger partial charge in [0.25, 0.3) is 0 Å². The van der Waals surface area contributed by atoms with E-state index < -0.39 is 5.41 Å². The number of benzene rings is 2. The van der Waals surface area contributed by atoms with Crippen LogP contribution in [0, 0.1) is 0 Å². The summed E-state index contributed by atoms with van der Waals surface area (Å²) >= 11 is 0. The molecule has 1 fully saturated rings. The molecular formula is C24H28N2O2. The quantitative estimate of drug-likeness (QED) is 0.684. The number of nitrogens with one attached hydrogen (secondary N) is 1. The van der Waals surface area contributed by atoms with Gasteiger partial charge in [-0.05, 0) is 54.8 Å². The van der Waals surface area contributed by atoms with Crippen molar-refractivity contribution >= 4 is 22.5 Å². The first kappa shape index (κ1) is 18.6. The van der Waals surface area contributed by atoms with Crippen LogP contribution in [0.25, 0.3) is 10.9 Å². The van der Waals surface area contributed by atoms with Crippen LogP contribution in [0.5, 0.6) is 5.75 Å². The summed E-state index contributed by atoms with van der Waals surface area (Å²) < 4.78 is 7.47. The molecule has 1 N–H and O–H groups in total. The van der Waals surface area contributed by atoms with Crippen LogP contribution in [-0.2, 0) is 22.7 Å². The number of aromatic nitrogens is 1. The Hall–Kier alpha value is -2.75. The first-order valence-electron chi connectivity index (χ1n) is 9.80. The maximum atomic E-state index is 13.1. The van der Waals surface area contributed by atoms with E-state index in [4.69, 9.17) is 4.74 Å². The number of amides is 1. The summed E-state index contributed by atoms with van der Waals surface area (Å²) in [5, 5.41) is 4.30. The summed E-state index contributed by atoms with van der Waals surface area (Å²) in [6.45, 7) is 6.65. The van der Waals surface area contributed by atoms with E-state index in [2.05, 4.69) is 55.9 Å². The molecule has 1 aliphatic rings. The van der Waals surface area contributed by atoms with E-state index in [0.717, 1.165) is 35.2 Å². The van der Waals surface area contributed by atoms with Gasteiger partial charge in [0.1, 0.15) is 5.75 Å². The number of rotatable bonds is 4. The molecule has 0 atom stereocenters. The van der Waals surface area contributed by atoms with Crippen molar-refractivity contribution in [2.45, 2.75) is 44.4 Å². The fourth-order valence-electron chi connectivity index (χ4n) is 4.08. The molecule has 0 saturated heterocycles. The molecule has 1 amide bonds. The van der Waals surface area contributed by atoms with Crippen LogP contribution in [0.2, 0.25) is 0 Å². The third-order valence-corrected chi connectivity index (χ3v) is 5.90. The second kappa shape index (κ2) is 6.40. The van der Waals surface area contributed by atoms with Crippen molar-refractivity contribution in [3.8, 4) is 5.75 Å². The van der Waals surface area contributed by atoms with Gasteiger partial charge in [-0.1, -0.05) is 32.9 Å². The Morgan fingerprint density at radius 1 is 1.07 bits per heavy atom. The van der Waals surface area contributed by atoms with Gasteiger partial charge in [0.2, 0.25) is 5.91 Å². The van der Waals surface area contributed by atoms with Gasteiger partial charge in [0, 0.05) is 34.7 Å². The van der Waals surface area contributed by atoms with Gasteiger partial charge in [-0.2, -0.15) is 0 Å². The zero-order valence-corrected chi connectivity index (χ0v) is 17.3. The van der Waals surface area contributed by atoms with Crippen LogP contribution >= 0.6 is 0 Å². The number of hydrogen-bond acceptors (Lipinski definition) is 2. The van der Waals surface area contributed by atoms with E-state index >= 15 is 0 Å². The van der Waals surface area contributed by atoms with Crippen molar-refractivity contribution in [2.24, 2.45) is 7.05 Å². The third-order valence-electron chi connectivity index (χ3n) is 5.90. The number of hydrogen-bond donors (Lipinski definition) is 1. The number of aryl methyl sites for hydroxylation is 1. The van der Waals surface area contributed by atoms with Crippen molar-refractivity contribution in [3.63, 3.8) is 0 Å². The monoisotopic (exact) mass is 376 g/mol. The number of ether oxygens (including phenoxy) is 1. The van der Waals surface area contributed by atoms with Gasteiger partial charge in [0.05, 0.1) is 12.5 Å². The number of carbonyl (C=O) groups is 1. The SMILES string of the molecule is COc1ccc(C2(C(=O)Nc3ccc4c(c3)cc(C(C)(C)C)n4C)CC2)cc1. The molecule has 4 rings (SSSR count). The van der Waals surface area contributed by atoms with Crippen molar-refractivity contribution in [2.75, 3.05) is 12.4 Å². The molecule has 0 aliphatic heterocycles. The summed E-state index contributed by atoms with van der Waals surface area (Å²) in [7, 11) is 3.75. The standard InChI is InChI=1S/C24H28N2O2/c1-23(2,3)21-15-16-14-18(8-11-20(16)26(21)4)25-22(27)24(12-13-24)17-6-9-19(28-5)10-7-17/h6-11,14-15H,12-13H2,1-5H3,(H,25,27). The molecule has 146 valence electrons. The molecule has 2 aromatic carbocycles. The molecule has 28 heavy (non-hydrogen) atoms. The normalized spacial score (nSPS) is 15.5. The van der Waals surface area contributed by atoms with E-state index in [0.29, 0.717) is 0 Å². The van der Waals surface area contributed by atoms with Crippen LogP contribution in [0.1, 0.15) is 44.9 Å². The van der Waals surface area contributed by atoms with Crippen LogP contribution in [0.4, 0.5) is 5.69 Å². The lowest BCUT2D eigenvalue weighted by molar-refractivity contribution is -0.118. The highest BCUT2D eigenvalue weighted by atomic mass is 16.5. The molecular weight excluding hydrogens is 348 g/mol. The predicted molar refractivity (Wildman–Crippen MR) is 114 cm³/mol. The fourth-order valence-corrected chi connectivity index (χ4v) is 4.08. The molecule has 1 heterocycles. The van der Waals surface area contributed by atoms with E-state index in [-0.39, 0.29) is 11.3 Å². The fraction of sp³-hybridized carbons (Fsp3) is 0.375. The Morgan fingerprint density at radius 3 is 2.32 bits per heavy atom. The summed E-state index contributed by atoms with van der Waals surface area (Å²) in [5.74, 6) is 0.883. The molecule has 0 spiro atoms. The Bertz CT molecular complexity index is 1030. The van der Waals surface area contributed by atoms with E-state index in [9.17, 15) is 4.79 Å². The highest BCUT2D eigenvalue weighted by molar-refractivity contribution is 6.02. The zero-order chi connectivity index (χ0) is 20.1. The Morgan fingerprint density at radius 2 is 1.75 bits per heavy atom. The minimum absolute atomic E-state index is 0.0730. The number of carbonyl (C=O) groups excluding carboxylic acids is 1. The molecule has 0 unspecified atom stereocenters. The number of nitrogens with zero attached hydrogens (tertiary/aromatic N) is 1. The van der Waals surface area contributed by atoms with Crippen LogP contribution < -0.4 is 10.1 Å². The molecule has 0 radical (unpaired) electrons. The highest BCUT2D eigenvalue weighted by Gasteiger charge is 2.51. The highest BCUT2D eigenvalue weighted by Crippen LogP contribution is 2.49. The van der Waals surface area contributed by atoms with E-state index in [1.165, 1.54) is 11.2 Å². The molecule has 0 bridgehead atoms. The van der Waals surface area contributed by atoms with Gasteiger partial charge in [-0.15, -0.1) is 0 Å². The van der Waals surface area contributed by atoms with Gasteiger partial charge < -0.3 is 14.6 Å². The van der Waals surface area contributed by atoms with E-state index in [1.54, 1.807) is 7.11 Å².